The van der Waals surface area contributed by atoms with Crippen molar-refractivity contribution in [3.63, 3.8) is 0 Å². The molecule has 0 saturated heterocycles. The van der Waals surface area contributed by atoms with Gasteiger partial charge in [-0.1, -0.05) is 0 Å². The fraction of sp³-hybridized carbons (Fsp3) is 0.385. The van der Waals surface area contributed by atoms with Gasteiger partial charge in [-0.25, -0.2) is 4.98 Å². The maximum absolute atomic E-state index is 12.3. The zero-order valence-electron chi connectivity index (χ0n) is 10.7. The molecule has 1 aliphatic carbocycles. The van der Waals surface area contributed by atoms with Crippen LogP contribution >= 0.6 is 11.3 Å². The number of hydrogen-bond acceptors (Lipinski definition) is 4. The number of carbonyl (C=O) groups is 1. The summed E-state index contributed by atoms with van der Waals surface area (Å²) in [6.45, 7) is 1.94. The first kappa shape index (κ1) is 12.2. The van der Waals surface area contributed by atoms with Crippen LogP contribution < -0.4 is 11.1 Å². The average molecular weight is 276 g/mol. The van der Waals surface area contributed by atoms with Gasteiger partial charge in [0.2, 0.25) is 0 Å². The standard InChI is InChI=1S/C13H16N4OS/c1-8(13-15-4-5-19-13)16-12(18)11-6-9(14)7-17(11)10-2-3-10/h4-8,10H,2-3,14H2,1H3,(H,16,18). The van der Waals surface area contributed by atoms with Crippen LogP contribution in [0.5, 0.6) is 0 Å². The largest absolute Gasteiger partial charge is 0.397 e. The highest BCUT2D eigenvalue weighted by Crippen LogP contribution is 2.37. The molecule has 5 nitrogen and oxygen atoms in total. The summed E-state index contributed by atoms with van der Waals surface area (Å²) in [5, 5.41) is 5.78. The highest BCUT2D eigenvalue weighted by Gasteiger charge is 2.28. The third-order valence-corrected chi connectivity index (χ3v) is 4.17. The molecule has 1 unspecified atom stereocenters. The first-order valence-electron chi connectivity index (χ1n) is 6.32. The third-order valence-electron chi connectivity index (χ3n) is 3.21. The molecule has 1 aliphatic rings. The van der Waals surface area contributed by atoms with Crippen molar-refractivity contribution in [2.75, 3.05) is 5.73 Å². The lowest BCUT2D eigenvalue weighted by atomic mass is 10.3. The van der Waals surface area contributed by atoms with E-state index in [4.69, 9.17) is 5.73 Å². The van der Waals surface area contributed by atoms with Gasteiger partial charge in [0, 0.05) is 23.8 Å². The van der Waals surface area contributed by atoms with E-state index in [0.717, 1.165) is 17.8 Å². The number of aromatic nitrogens is 2. The van der Waals surface area contributed by atoms with Crippen LogP contribution in [0.25, 0.3) is 0 Å². The number of hydrogen-bond donors (Lipinski definition) is 2. The predicted octanol–water partition coefficient (Wildman–Crippen LogP) is 2.35. The maximum atomic E-state index is 12.3. The van der Waals surface area contributed by atoms with Crippen LogP contribution in [-0.4, -0.2) is 15.5 Å². The minimum absolute atomic E-state index is 0.0868. The fourth-order valence-corrected chi connectivity index (χ4v) is 2.76. The zero-order valence-corrected chi connectivity index (χ0v) is 11.5. The first-order valence-corrected chi connectivity index (χ1v) is 7.20. The Morgan fingerprint density at radius 1 is 1.63 bits per heavy atom. The molecule has 0 radical (unpaired) electrons. The summed E-state index contributed by atoms with van der Waals surface area (Å²) in [7, 11) is 0. The van der Waals surface area contributed by atoms with Gasteiger partial charge in [0.05, 0.1) is 11.7 Å². The van der Waals surface area contributed by atoms with E-state index >= 15 is 0 Å². The minimum Gasteiger partial charge on any atom is -0.397 e. The molecule has 1 saturated carbocycles. The molecule has 0 bridgehead atoms. The molecule has 0 spiro atoms. The molecule has 1 fully saturated rings. The van der Waals surface area contributed by atoms with Gasteiger partial charge in [0.15, 0.2) is 0 Å². The lowest BCUT2D eigenvalue weighted by Crippen LogP contribution is -2.28. The molecule has 1 atom stereocenters. The molecule has 2 heterocycles. The van der Waals surface area contributed by atoms with Gasteiger partial charge < -0.3 is 15.6 Å². The van der Waals surface area contributed by atoms with Crippen LogP contribution in [0, 0.1) is 0 Å². The second kappa shape index (κ2) is 4.70. The summed E-state index contributed by atoms with van der Waals surface area (Å²) in [6, 6.07) is 2.09. The number of thiazole rings is 1. The SMILES string of the molecule is CC(NC(=O)c1cc(N)cn1C1CC1)c1nccs1. The van der Waals surface area contributed by atoms with Gasteiger partial charge >= 0.3 is 0 Å². The number of rotatable bonds is 4. The van der Waals surface area contributed by atoms with E-state index < -0.39 is 0 Å². The Morgan fingerprint density at radius 3 is 3.05 bits per heavy atom. The molecule has 2 aromatic rings. The number of carbonyl (C=O) groups excluding carboxylic acids is 1. The Balaban J connectivity index is 1.77. The van der Waals surface area contributed by atoms with Gasteiger partial charge in [-0.15, -0.1) is 11.3 Å². The summed E-state index contributed by atoms with van der Waals surface area (Å²) in [5.41, 5.74) is 7.08. The van der Waals surface area contributed by atoms with E-state index in [1.165, 1.54) is 11.3 Å². The van der Waals surface area contributed by atoms with E-state index in [2.05, 4.69) is 10.3 Å². The highest BCUT2D eigenvalue weighted by molar-refractivity contribution is 7.09. The smallest absolute Gasteiger partial charge is 0.268 e. The molecular formula is C13H16N4OS. The molecule has 100 valence electrons. The predicted molar refractivity (Wildman–Crippen MR) is 75.1 cm³/mol. The van der Waals surface area contributed by atoms with Crippen molar-refractivity contribution in [1.29, 1.82) is 0 Å². The Kier molecular flexibility index (Phi) is 3.02. The first-order chi connectivity index (χ1) is 9.15. The van der Waals surface area contributed by atoms with Gasteiger partial charge in [-0.3, -0.25) is 4.79 Å². The van der Waals surface area contributed by atoms with Gasteiger partial charge in [-0.05, 0) is 25.8 Å². The van der Waals surface area contributed by atoms with Crippen LogP contribution in [0.4, 0.5) is 5.69 Å². The quantitative estimate of drug-likeness (QED) is 0.900. The van der Waals surface area contributed by atoms with Crippen molar-refractivity contribution in [3.05, 3.63) is 34.5 Å². The van der Waals surface area contributed by atoms with E-state index in [0.29, 0.717) is 17.4 Å². The molecule has 0 aliphatic heterocycles. The minimum atomic E-state index is -0.0914. The monoisotopic (exact) mass is 276 g/mol. The Hall–Kier alpha value is -1.82. The number of amides is 1. The molecule has 3 N–H and O–H groups in total. The van der Waals surface area contributed by atoms with Gasteiger partial charge in [0.25, 0.3) is 5.91 Å². The molecule has 6 heteroatoms. The zero-order chi connectivity index (χ0) is 13.4. The van der Waals surface area contributed by atoms with E-state index in [9.17, 15) is 4.79 Å². The molecular weight excluding hydrogens is 260 g/mol. The lowest BCUT2D eigenvalue weighted by molar-refractivity contribution is 0.0930. The summed E-state index contributed by atoms with van der Waals surface area (Å²) in [6.07, 6.45) is 5.83. The molecule has 19 heavy (non-hydrogen) atoms. The lowest BCUT2D eigenvalue weighted by Gasteiger charge is -2.12. The summed E-state index contributed by atoms with van der Waals surface area (Å²) in [4.78, 5) is 16.5. The number of nitrogens with one attached hydrogen (secondary N) is 1. The molecule has 3 rings (SSSR count). The van der Waals surface area contributed by atoms with Crippen molar-refractivity contribution in [3.8, 4) is 0 Å². The number of nitrogen functional groups attached to an aromatic ring is 1. The van der Waals surface area contributed by atoms with Crippen LogP contribution in [0.3, 0.4) is 0 Å². The van der Waals surface area contributed by atoms with Crippen molar-refractivity contribution >= 4 is 22.9 Å². The van der Waals surface area contributed by atoms with Crippen molar-refractivity contribution < 1.29 is 4.79 Å². The van der Waals surface area contributed by atoms with Crippen molar-refractivity contribution in [1.82, 2.24) is 14.9 Å². The number of anilines is 1. The Bertz CT molecular complexity index is 586. The molecule has 0 aromatic carbocycles. The van der Waals surface area contributed by atoms with Crippen LogP contribution in [0.1, 0.15) is 47.3 Å². The topological polar surface area (TPSA) is 72.9 Å². The van der Waals surface area contributed by atoms with Crippen molar-refractivity contribution in [2.45, 2.75) is 31.8 Å². The summed E-state index contributed by atoms with van der Waals surface area (Å²) < 4.78 is 1.99. The van der Waals surface area contributed by atoms with E-state index in [-0.39, 0.29) is 11.9 Å². The maximum Gasteiger partial charge on any atom is 0.268 e. The van der Waals surface area contributed by atoms with Crippen LogP contribution in [0.2, 0.25) is 0 Å². The van der Waals surface area contributed by atoms with Gasteiger partial charge in [0.1, 0.15) is 10.7 Å². The fourth-order valence-electron chi connectivity index (χ4n) is 2.12. The molecule has 2 aromatic heterocycles. The van der Waals surface area contributed by atoms with E-state index in [1.807, 2.05) is 23.1 Å². The highest BCUT2D eigenvalue weighted by atomic mass is 32.1. The summed E-state index contributed by atoms with van der Waals surface area (Å²) >= 11 is 1.54. The van der Waals surface area contributed by atoms with Crippen LogP contribution in [0.15, 0.2) is 23.8 Å². The second-order valence-corrected chi connectivity index (χ2v) is 5.79. The van der Waals surface area contributed by atoms with E-state index in [1.54, 1.807) is 12.3 Å². The average Bonchev–Trinajstić information content (AvgIpc) is 2.91. The van der Waals surface area contributed by atoms with Crippen molar-refractivity contribution in [2.24, 2.45) is 0 Å². The number of nitrogens with zero attached hydrogens (tertiary/aromatic N) is 2. The van der Waals surface area contributed by atoms with Crippen LogP contribution in [-0.2, 0) is 0 Å². The Morgan fingerprint density at radius 2 is 2.42 bits per heavy atom. The Labute approximate surface area is 115 Å². The van der Waals surface area contributed by atoms with Gasteiger partial charge in [-0.2, -0.15) is 0 Å². The molecule has 1 amide bonds. The number of nitrogens with two attached hydrogens (primary N) is 1. The normalized spacial score (nSPS) is 16.3. The summed E-state index contributed by atoms with van der Waals surface area (Å²) in [5.74, 6) is -0.0914. The third kappa shape index (κ3) is 2.49. The second-order valence-electron chi connectivity index (χ2n) is 4.86.